The Morgan fingerprint density at radius 2 is 0.733 bits per heavy atom. The van der Waals surface area contributed by atoms with Crippen LogP contribution >= 0.6 is 7.82 Å². The standard InChI is InChI=1S/C65H114NO8P/c1-3-5-7-9-11-13-15-17-18-19-20-21-22-23-24-25-26-27-28-29-30-31-32-33-34-35-36-37-38-39-40-41-42-43-44-46-48-50-52-54-56-58-65(68)74-63(62-73-75(69,70)72-60-59-66)61-71-64(67)57-55-53-51-49-47-45-16-14-12-10-8-6-4-2/h5,7,11,13,17-18,20-21,23-24,26-27,29-30,32-33,63H,3-4,6,8-10,12,14-16,19,22,25,28,31,34-62,66H2,1-2H3,(H,69,70)/b7-5-,13-11-,18-17-,21-20-,24-23-,27-26-,30-29-,33-32-. The lowest BCUT2D eigenvalue weighted by atomic mass is 10.0. The Balaban J connectivity index is 3.83. The molecule has 0 fully saturated rings. The molecule has 0 aliphatic carbocycles. The predicted octanol–water partition coefficient (Wildman–Crippen LogP) is 19.6. The SMILES string of the molecule is CC/C=C\C/C=C\C/C=C\C/C=C\C/C=C\C/C=C\C/C=C\C/C=C\CCCCCCCCCCCCCCCCCCC(=O)OC(COC(=O)CCCCCCCCCCCCCCC)COP(=O)(O)OCCN. The summed E-state index contributed by atoms with van der Waals surface area (Å²) in [5.74, 6) is -0.821. The van der Waals surface area contributed by atoms with E-state index in [2.05, 4.69) is 111 Å². The van der Waals surface area contributed by atoms with Crippen LogP contribution in [0.2, 0.25) is 0 Å². The zero-order valence-corrected chi connectivity index (χ0v) is 49.2. The van der Waals surface area contributed by atoms with Gasteiger partial charge in [-0.25, -0.2) is 4.57 Å². The number of ether oxygens (including phenoxy) is 2. The minimum Gasteiger partial charge on any atom is -0.462 e. The van der Waals surface area contributed by atoms with Gasteiger partial charge in [0.2, 0.25) is 0 Å². The molecule has 0 heterocycles. The van der Waals surface area contributed by atoms with Crippen LogP contribution in [0, 0.1) is 0 Å². The summed E-state index contributed by atoms with van der Waals surface area (Å²) in [6.45, 7) is 3.64. The molecule has 0 bridgehead atoms. The molecule has 10 heteroatoms. The zero-order valence-electron chi connectivity index (χ0n) is 48.3. The van der Waals surface area contributed by atoms with Crippen molar-refractivity contribution in [1.82, 2.24) is 0 Å². The molecule has 0 saturated heterocycles. The van der Waals surface area contributed by atoms with E-state index in [9.17, 15) is 19.0 Å². The van der Waals surface area contributed by atoms with E-state index in [1.165, 1.54) is 148 Å². The topological polar surface area (TPSA) is 134 Å². The number of hydrogen-bond acceptors (Lipinski definition) is 8. The third-order valence-corrected chi connectivity index (χ3v) is 14.0. The number of phosphoric acid groups is 1. The summed E-state index contributed by atoms with van der Waals surface area (Å²) in [5.41, 5.74) is 5.38. The second-order valence-corrected chi connectivity index (χ2v) is 21.7. The molecule has 432 valence electrons. The van der Waals surface area contributed by atoms with Gasteiger partial charge in [0, 0.05) is 19.4 Å². The van der Waals surface area contributed by atoms with Crippen molar-refractivity contribution in [2.75, 3.05) is 26.4 Å². The number of rotatable bonds is 57. The predicted molar refractivity (Wildman–Crippen MR) is 321 cm³/mol. The molecule has 0 radical (unpaired) electrons. The molecular formula is C65H114NO8P. The Hall–Kier alpha value is -3.07. The molecule has 75 heavy (non-hydrogen) atoms. The highest BCUT2D eigenvalue weighted by Gasteiger charge is 2.26. The van der Waals surface area contributed by atoms with E-state index in [0.29, 0.717) is 6.42 Å². The number of phosphoric ester groups is 1. The Kier molecular flexibility index (Phi) is 57.7. The monoisotopic (exact) mass is 1070 g/mol. The van der Waals surface area contributed by atoms with E-state index in [1.807, 2.05) is 0 Å². The van der Waals surface area contributed by atoms with Crippen molar-refractivity contribution in [2.24, 2.45) is 5.73 Å². The van der Waals surface area contributed by atoms with Gasteiger partial charge in [-0.15, -0.1) is 0 Å². The highest BCUT2D eigenvalue weighted by atomic mass is 31.2. The van der Waals surface area contributed by atoms with E-state index in [0.717, 1.165) is 89.9 Å². The minimum absolute atomic E-state index is 0.0527. The van der Waals surface area contributed by atoms with Gasteiger partial charge in [0.25, 0.3) is 0 Å². The molecular weight excluding hydrogens is 954 g/mol. The molecule has 2 unspecified atom stereocenters. The summed E-state index contributed by atoms with van der Waals surface area (Å²) in [6, 6.07) is 0. The summed E-state index contributed by atoms with van der Waals surface area (Å²) >= 11 is 0. The molecule has 0 aromatic carbocycles. The number of allylic oxidation sites excluding steroid dienone is 16. The van der Waals surface area contributed by atoms with E-state index < -0.39 is 26.5 Å². The third kappa shape index (κ3) is 60.0. The molecule has 0 spiro atoms. The summed E-state index contributed by atoms with van der Waals surface area (Å²) in [5, 5.41) is 0. The molecule has 0 saturated carbocycles. The summed E-state index contributed by atoms with van der Waals surface area (Å²) in [6.07, 6.45) is 80.6. The average Bonchev–Trinajstić information content (AvgIpc) is 3.40. The van der Waals surface area contributed by atoms with Gasteiger partial charge in [0.05, 0.1) is 13.2 Å². The first-order chi connectivity index (χ1) is 36.8. The molecule has 0 aliphatic rings. The number of carbonyl (C=O) groups is 2. The van der Waals surface area contributed by atoms with Crippen LogP contribution < -0.4 is 5.73 Å². The Bertz CT molecular complexity index is 1550. The average molecular weight is 1070 g/mol. The lowest BCUT2D eigenvalue weighted by Gasteiger charge is -2.19. The maximum atomic E-state index is 12.7. The lowest BCUT2D eigenvalue weighted by molar-refractivity contribution is -0.161. The van der Waals surface area contributed by atoms with Crippen LogP contribution in [0.1, 0.15) is 271 Å². The normalized spacial score (nSPS) is 13.7. The summed E-state index contributed by atoms with van der Waals surface area (Å²) in [7, 11) is -4.38. The number of unbranched alkanes of at least 4 members (excludes halogenated alkanes) is 28. The van der Waals surface area contributed by atoms with E-state index in [1.54, 1.807) is 0 Å². The molecule has 3 N–H and O–H groups in total. The number of carbonyl (C=O) groups excluding carboxylic acids is 2. The van der Waals surface area contributed by atoms with Crippen molar-refractivity contribution < 1.29 is 37.6 Å². The molecule has 0 rings (SSSR count). The van der Waals surface area contributed by atoms with E-state index in [-0.39, 0.29) is 38.6 Å². The van der Waals surface area contributed by atoms with Crippen LogP contribution in [0.3, 0.4) is 0 Å². The molecule has 0 aromatic heterocycles. The van der Waals surface area contributed by atoms with Crippen molar-refractivity contribution in [3.05, 3.63) is 97.2 Å². The number of esters is 2. The minimum atomic E-state index is -4.38. The van der Waals surface area contributed by atoms with Crippen molar-refractivity contribution in [1.29, 1.82) is 0 Å². The van der Waals surface area contributed by atoms with Gasteiger partial charge in [-0.1, -0.05) is 278 Å². The first kappa shape index (κ1) is 71.9. The Morgan fingerprint density at radius 1 is 0.413 bits per heavy atom. The fraction of sp³-hybridized carbons (Fsp3) is 0.723. The first-order valence-corrected chi connectivity index (χ1v) is 32.2. The van der Waals surface area contributed by atoms with E-state index >= 15 is 0 Å². The van der Waals surface area contributed by atoms with Crippen LogP contribution in [0.15, 0.2) is 97.2 Å². The molecule has 0 aromatic rings. The van der Waals surface area contributed by atoms with Crippen molar-refractivity contribution in [3.8, 4) is 0 Å². The fourth-order valence-corrected chi connectivity index (χ4v) is 9.24. The van der Waals surface area contributed by atoms with Gasteiger partial charge in [-0.05, 0) is 77.0 Å². The van der Waals surface area contributed by atoms with Crippen LogP contribution in [0.5, 0.6) is 0 Å². The molecule has 9 nitrogen and oxygen atoms in total. The Labute approximate surface area is 461 Å². The molecule has 2 atom stereocenters. The lowest BCUT2D eigenvalue weighted by Crippen LogP contribution is -2.29. The zero-order chi connectivity index (χ0) is 54.5. The van der Waals surface area contributed by atoms with Gasteiger partial charge in [-0.3, -0.25) is 18.6 Å². The molecule has 0 aliphatic heterocycles. The van der Waals surface area contributed by atoms with Crippen LogP contribution in [0.4, 0.5) is 0 Å². The fourth-order valence-electron chi connectivity index (χ4n) is 8.48. The summed E-state index contributed by atoms with van der Waals surface area (Å²) in [4.78, 5) is 35.1. The van der Waals surface area contributed by atoms with Crippen molar-refractivity contribution >= 4 is 19.8 Å². The smallest absolute Gasteiger partial charge is 0.462 e. The van der Waals surface area contributed by atoms with Gasteiger partial charge >= 0.3 is 19.8 Å². The Morgan fingerprint density at radius 3 is 1.09 bits per heavy atom. The van der Waals surface area contributed by atoms with Crippen molar-refractivity contribution in [2.45, 2.75) is 277 Å². The van der Waals surface area contributed by atoms with Gasteiger partial charge < -0.3 is 20.1 Å². The third-order valence-electron chi connectivity index (χ3n) is 13.0. The highest BCUT2D eigenvalue weighted by molar-refractivity contribution is 7.47. The second-order valence-electron chi connectivity index (χ2n) is 20.2. The van der Waals surface area contributed by atoms with E-state index in [4.69, 9.17) is 24.3 Å². The maximum Gasteiger partial charge on any atom is 0.472 e. The molecule has 0 amide bonds. The van der Waals surface area contributed by atoms with Crippen LogP contribution in [0.25, 0.3) is 0 Å². The largest absolute Gasteiger partial charge is 0.472 e. The quantitative estimate of drug-likeness (QED) is 0.0264. The highest BCUT2D eigenvalue weighted by Crippen LogP contribution is 2.43. The van der Waals surface area contributed by atoms with Gasteiger partial charge in [0.15, 0.2) is 6.10 Å². The van der Waals surface area contributed by atoms with Crippen molar-refractivity contribution in [3.63, 3.8) is 0 Å². The summed E-state index contributed by atoms with van der Waals surface area (Å²) < 4.78 is 33.0. The maximum absolute atomic E-state index is 12.7. The number of hydrogen-bond donors (Lipinski definition) is 2. The second kappa shape index (κ2) is 60.2. The van der Waals surface area contributed by atoms with Gasteiger partial charge in [-0.2, -0.15) is 0 Å². The van der Waals surface area contributed by atoms with Crippen LogP contribution in [-0.2, 0) is 32.7 Å². The van der Waals surface area contributed by atoms with Gasteiger partial charge in [0.1, 0.15) is 6.61 Å². The first-order valence-electron chi connectivity index (χ1n) is 30.7. The van der Waals surface area contributed by atoms with Crippen LogP contribution in [-0.4, -0.2) is 49.3 Å². The number of nitrogens with two attached hydrogens (primary N) is 1.